The number of nitrogens with zero attached hydrogens (tertiary/aromatic N) is 1. The Balaban J connectivity index is 1.88. The number of aromatic amines is 1. The molecule has 0 spiro atoms. The van der Waals surface area contributed by atoms with E-state index in [2.05, 4.69) is 9.97 Å². The summed E-state index contributed by atoms with van der Waals surface area (Å²) in [5, 5.41) is 0. The molecule has 0 aliphatic heterocycles. The first-order valence-electron chi connectivity index (χ1n) is 6.75. The van der Waals surface area contributed by atoms with Crippen LogP contribution >= 0.6 is 0 Å². The van der Waals surface area contributed by atoms with E-state index >= 15 is 0 Å². The number of nitrogens with two attached hydrogens (primary N) is 1. The minimum absolute atomic E-state index is 0.641. The van der Waals surface area contributed by atoms with Crippen LogP contribution in [0.1, 0.15) is 6.42 Å². The Morgan fingerprint density at radius 3 is 2.75 bits per heavy atom. The van der Waals surface area contributed by atoms with Gasteiger partial charge in [-0.25, -0.2) is 4.98 Å². The van der Waals surface area contributed by atoms with Gasteiger partial charge in [0.05, 0.1) is 17.6 Å². The summed E-state index contributed by atoms with van der Waals surface area (Å²) in [5.41, 5.74) is 8.45. The first kappa shape index (κ1) is 12.7. The van der Waals surface area contributed by atoms with Gasteiger partial charge in [-0.3, -0.25) is 0 Å². The Morgan fingerprint density at radius 2 is 1.95 bits per heavy atom. The zero-order valence-electron chi connectivity index (χ0n) is 11.2. The molecule has 0 saturated carbocycles. The van der Waals surface area contributed by atoms with Crippen LogP contribution in [-0.2, 0) is 0 Å². The summed E-state index contributed by atoms with van der Waals surface area (Å²) in [7, 11) is 0. The molecule has 4 nitrogen and oxygen atoms in total. The summed E-state index contributed by atoms with van der Waals surface area (Å²) in [6.45, 7) is 1.28. The van der Waals surface area contributed by atoms with Crippen LogP contribution in [0.5, 0.6) is 5.75 Å². The van der Waals surface area contributed by atoms with Crippen LogP contribution in [0.15, 0.2) is 48.5 Å². The molecule has 3 N–H and O–H groups in total. The van der Waals surface area contributed by atoms with Gasteiger partial charge in [-0.2, -0.15) is 0 Å². The van der Waals surface area contributed by atoms with Crippen LogP contribution in [-0.4, -0.2) is 23.1 Å². The Morgan fingerprint density at radius 1 is 1.10 bits per heavy atom. The highest BCUT2D eigenvalue weighted by Gasteiger charge is 2.05. The Hall–Kier alpha value is -2.33. The van der Waals surface area contributed by atoms with Crippen molar-refractivity contribution >= 4 is 11.0 Å². The molecule has 0 fully saturated rings. The first-order chi connectivity index (χ1) is 9.86. The molecule has 2 aromatic carbocycles. The third kappa shape index (κ3) is 2.65. The standard InChI is InChI=1S/C16H17N3O/c17-9-4-10-20-13-7-8-14-15(11-13)19-16(18-14)12-5-2-1-3-6-12/h1-3,5-8,11H,4,9-10,17H2,(H,18,19). The average molecular weight is 267 g/mol. The van der Waals surface area contributed by atoms with Crippen molar-refractivity contribution in [2.45, 2.75) is 6.42 Å². The lowest BCUT2D eigenvalue weighted by molar-refractivity contribution is 0.314. The van der Waals surface area contributed by atoms with Crippen LogP contribution in [0.4, 0.5) is 0 Å². The van der Waals surface area contributed by atoms with Crippen molar-refractivity contribution in [3.8, 4) is 17.1 Å². The highest BCUT2D eigenvalue weighted by atomic mass is 16.5. The fourth-order valence-corrected chi connectivity index (χ4v) is 2.08. The monoisotopic (exact) mass is 267 g/mol. The first-order valence-corrected chi connectivity index (χ1v) is 6.75. The summed E-state index contributed by atoms with van der Waals surface area (Å²) in [6, 6.07) is 16.0. The molecular formula is C16H17N3O. The number of rotatable bonds is 5. The highest BCUT2D eigenvalue weighted by Crippen LogP contribution is 2.23. The number of nitrogens with one attached hydrogen (secondary N) is 1. The molecule has 3 aromatic rings. The fourth-order valence-electron chi connectivity index (χ4n) is 2.08. The molecule has 1 heterocycles. The van der Waals surface area contributed by atoms with Crippen LogP contribution in [0, 0.1) is 0 Å². The van der Waals surface area contributed by atoms with E-state index in [1.54, 1.807) is 0 Å². The van der Waals surface area contributed by atoms with Gasteiger partial charge >= 0.3 is 0 Å². The normalized spacial score (nSPS) is 10.8. The lowest BCUT2D eigenvalue weighted by Crippen LogP contribution is -2.05. The van der Waals surface area contributed by atoms with Gasteiger partial charge in [0.1, 0.15) is 11.6 Å². The molecule has 0 aliphatic carbocycles. The van der Waals surface area contributed by atoms with Crippen LogP contribution < -0.4 is 10.5 Å². The Bertz CT molecular complexity index is 691. The molecule has 0 unspecified atom stereocenters. The molecule has 0 radical (unpaired) electrons. The molecule has 1 aromatic heterocycles. The molecule has 0 amide bonds. The van der Waals surface area contributed by atoms with Crippen molar-refractivity contribution in [3.63, 3.8) is 0 Å². The summed E-state index contributed by atoms with van der Waals surface area (Å²) in [4.78, 5) is 7.92. The van der Waals surface area contributed by atoms with Crippen molar-refractivity contribution in [1.29, 1.82) is 0 Å². The van der Waals surface area contributed by atoms with Gasteiger partial charge in [-0.15, -0.1) is 0 Å². The maximum absolute atomic E-state index is 5.64. The van der Waals surface area contributed by atoms with Gasteiger partial charge < -0.3 is 15.5 Å². The summed E-state index contributed by atoms with van der Waals surface area (Å²) in [5.74, 6) is 1.72. The van der Waals surface area contributed by atoms with E-state index < -0.39 is 0 Å². The largest absolute Gasteiger partial charge is 0.493 e. The maximum Gasteiger partial charge on any atom is 0.138 e. The molecule has 0 aliphatic rings. The molecule has 0 bridgehead atoms. The van der Waals surface area contributed by atoms with E-state index in [-0.39, 0.29) is 0 Å². The lowest BCUT2D eigenvalue weighted by atomic mass is 10.2. The summed E-state index contributed by atoms with van der Waals surface area (Å²) in [6.07, 6.45) is 0.857. The second-order valence-corrected chi connectivity index (χ2v) is 4.62. The average Bonchev–Trinajstić information content (AvgIpc) is 2.92. The number of fused-ring (bicyclic) bond motifs is 1. The topological polar surface area (TPSA) is 63.9 Å². The van der Waals surface area contributed by atoms with Gasteiger partial charge in [0.25, 0.3) is 0 Å². The van der Waals surface area contributed by atoms with Crippen LogP contribution in [0.2, 0.25) is 0 Å². The zero-order chi connectivity index (χ0) is 13.8. The number of imidazole rings is 1. The molecule has 0 saturated heterocycles. The van der Waals surface area contributed by atoms with Gasteiger partial charge in [0, 0.05) is 11.6 Å². The summed E-state index contributed by atoms with van der Waals surface area (Å²) < 4.78 is 5.64. The number of ether oxygens (including phenoxy) is 1. The summed E-state index contributed by atoms with van der Waals surface area (Å²) >= 11 is 0. The third-order valence-corrected chi connectivity index (χ3v) is 3.12. The SMILES string of the molecule is NCCCOc1ccc2nc(-c3ccccc3)[nH]c2c1. The Labute approximate surface area is 117 Å². The van der Waals surface area contributed by atoms with E-state index in [4.69, 9.17) is 10.5 Å². The van der Waals surface area contributed by atoms with Crippen molar-refractivity contribution in [2.24, 2.45) is 5.73 Å². The van der Waals surface area contributed by atoms with Gasteiger partial charge in [0.2, 0.25) is 0 Å². The van der Waals surface area contributed by atoms with E-state index in [9.17, 15) is 0 Å². The van der Waals surface area contributed by atoms with Crippen molar-refractivity contribution in [1.82, 2.24) is 9.97 Å². The molecule has 4 heteroatoms. The van der Waals surface area contributed by atoms with E-state index in [1.165, 1.54) is 0 Å². The van der Waals surface area contributed by atoms with E-state index in [1.807, 2.05) is 48.5 Å². The predicted octanol–water partition coefficient (Wildman–Crippen LogP) is 2.96. The number of benzene rings is 2. The van der Waals surface area contributed by atoms with Gasteiger partial charge in [-0.1, -0.05) is 30.3 Å². The fraction of sp³-hybridized carbons (Fsp3) is 0.188. The second kappa shape index (κ2) is 5.75. The van der Waals surface area contributed by atoms with Crippen LogP contribution in [0.25, 0.3) is 22.4 Å². The molecular weight excluding hydrogens is 250 g/mol. The number of hydrogen-bond donors (Lipinski definition) is 2. The lowest BCUT2D eigenvalue weighted by Gasteiger charge is -2.04. The highest BCUT2D eigenvalue weighted by molar-refractivity contribution is 5.80. The van der Waals surface area contributed by atoms with Crippen molar-refractivity contribution < 1.29 is 4.74 Å². The van der Waals surface area contributed by atoms with Crippen LogP contribution in [0.3, 0.4) is 0 Å². The molecule has 102 valence electrons. The van der Waals surface area contributed by atoms with Crippen molar-refractivity contribution in [3.05, 3.63) is 48.5 Å². The minimum Gasteiger partial charge on any atom is -0.493 e. The van der Waals surface area contributed by atoms with E-state index in [0.29, 0.717) is 13.2 Å². The van der Waals surface area contributed by atoms with Crippen molar-refractivity contribution in [2.75, 3.05) is 13.2 Å². The second-order valence-electron chi connectivity index (χ2n) is 4.62. The van der Waals surface area contributed by atoms with Gasteiger partial charge in [0.15, 0.2) is 0 Å². The predicted molar refractivity (Wildman–Crippen MR) is 80.7 cm³/mol. The smallest absolute Gasteiger partial charge is 0.138 e. The molecule has 20 heavy (non-hydrogen) atoms. The number of H-pyrrole nitrogens is 1. The maximum atomic E-state index is 5.64. The van der Waals surface area contributed by atoms with E-state index in [0.717, 1.165) is 34.6 Å². The number of hydrogen-bond acceptors (Lipinski definition) is 3. The number of aromatic nitrogens is 2. The zero-order valence-corrected chi connectivity index (χ0v) is 11.2. The molecule has 0 atom stereocenters. The third-order valence-electron chi connectivity index (χ3n) is 3.12. The minimum atomic E-state index is 0.641. The van der Waals surface area contributed by atoms with Gasteiger partial charge in [-0.05, 0) is 25.1 Å². The molecule has 3 rings (SSSR count). The quantitative estimate of drug-likeness (QED) is 0.698. The Kier molecular flexibility index (Phi) is 3.65.